The average Bonchev–Trinajstić information content (AvgIpc) is 2.64. The van der Waals surface area contributed by atoms with Crippen LogP contribution in [0.5, 0.6) is 5.75 Å². The van der Waals surface area contributed by atoms with E-state index >= 15 is 0 Å². The number of hydrogen-bond acceptors (Lipinski definition) is 3. The van der Waals surface area contributed by atoms with Gasteiger partial charge in [-0.1, -0.05) is 37.6 Å². The number of ether oxygens (including phenoxy) is 1. The number of piperazine rings is 1. The van der Waals surface area contributed by atoms with Crippen LogP contribution >= 0.6 is 36.4 Å². The van der Waals surface area contributed by atoms with Crippen LogP contribution in [0.4, 0.5) is 5.69 Å². The molecular formula is C22H31Cl3N2O. The van der Waals surface area contributed by atoms with Gasteiger partial charge in [0.15, 0.2) is 0 Å². The first-order valence-electron chi connectivity index (χ1n) is 9.49. The lowest BCUT2D eigenvalue weighted by molar-refractivity contribution is 0.200. The van der Waals surface area contributed by atoms with Crippen LogP contribution in [0.25, 0.3) is 0 Å². The summed E-state index contributed by atoms with van der Waals surface area (Å²) in [6, 6.07) is 14.7. The Hall–Kier alpha value is -1.13. The maximum Gasteiger partial charge on any atom is 0.122 e. The summed E-state index contributed by atoms with van der Waals surface area (Å²) in [6.45, 7) is 12.5. The number of nitrogens with zero attached hydrogens (tertiary/aromatic N) is 2. The van der Waals surface area contributed by atoms with E-state index < -0.39 is 0 Å². The standard InChI is InChI=1S/C22H29ClN2O.2ClH/c1-17(2)19-5-4-18(3)22(16-19)26-15-14-24-10-12-25(13-11-24)21-8-6-20(23)7-9-21;;/h4-9,16-17H,10-15H2,1-3H3;2*1H. The van der Waals surface area contributed by atoms with Gasteiger partial charge in [0.25, 0.3) is 0 Å². The van der Waals surface area contributed by atoms with Crippen LogP contribution in [-0.2, 0) is 0 Å². The fourth-order valence-electron chi connectivity index (χ4n) is 3.30. The number of hydrogen-bond donors (Lipinski definition) is 0. The highest BCUT2D eigenvalue weighted by Gasteiger charge is 2.17. The molecule has 0 radical (unpaired) electrons. The highest BCUT2D eigenvalue weighted by Crippen LogP contribution is 2.24. The van der Waals surface area contributed by atoms with Crippen molar-refractivity contribution in [3.63, 3.8) is 0 Å². The van der Waals surface area contributed by atoms with Gasteiger partial charge in [0.2, 0.25) is 0 Å². The number of anilines is 1. The fourth-order valence-corrected chi connectivity index (χ4v) is 3.42. The van der Waals surface area contributed by atoms with Gasteiger partial charge in [0.05, 0.1) is 0 Å². The summed E-state index contributed by atoms with van der Waals surface area (Å²) in [5.74, 6) is 1.55. The molecular weight excluding hydrogens is 415 g/mol. The van der Waals surface area contributed by atoms with Gasteiger partial charge in [-0.15, -0.1) is 24.8 Å². The highest BCUT2D eigenvalue weighted by molar-refractivity contribution is 6.30. The maximum absolute atomic E-state index is 6.09. The molecule has 0 atom stereocenters. The second-order valence-corrected chi connectivity index (χ2v) is 7.77. The third kappa shape index (κ3) is 6.73. The van der Waals surface area contributed by atoms with E-state index in [1.165, 1.54) is 16.8 Å². The molecule has 0 amide bonds. The first-order chi connectivity index (χ1) is 12.5. The zero-order chi connectivity index (χ0) is 18.5. The maximum atomic E-state index is 6.09. The lowest BCUT2D eigenvalue weighted by Crippen LogP contribution is -2.47. The van der Waals surface area contributed by atoms with E-state index in [0.717, 1.165) is 50.1 Å². The topological polar surface area (TPSA) is 15.7 Å². The predicted octanol–water partition coefficient (Wildman–Crippen LogP) is 5.82. The summed E-state index contributed by atoms with van der Waals surface area (Å²) < 4.78 is 6.09. The molecule has 0 unspecified atom stereocenters. The van der Waals surface area contributed by atoms with Crippen LogP contribution in [-0.4, -0.2) is 44.2 Å². The van der Waals surface area contributed by atoms with Gasteiger partial charge >= 0.3 is 0 Å². The summed E-state index contributed by atoms with van der Waals surface area (Å²) in [4.78, 5) is 4.90. The van der Waals surface area contributed by atoms with E-state index in [1.807, 2.05) is 12.1 Å². The Morgan fingerprint density at radius 2 is 1.61 bits per heavy atom. The third-order valence-corrected chi connectivity index (χ3v) is 5.36. The largest absolute Gasteiger partial charge is 0.492 e. The summed E-state index contributed by atoms with van der Waals surface area (Å²) in [6.07, 6.45) is 0. The summed E-state index contributed by atoms with van der Waals surface area (Å²) >= 11 is 5.98. The molecule has 0 bridgehead atoms. The van der Waals surface area contributed by atoms with Crippen molar-refractivity contribution >= 4 is 42.1 Å². The van der Waals surface area contributed by atoms with Gasteiger partial charge in [0.1, 0.15) is 12.4 Å². The first kappa shape index (κ1) is 24.9. The number of aryl methyl sites for hydroxylation is 1. The van der Waals surface area contributed by atoms with Crippen LogP contribution in [0.1, 0.15) is 30.9 Å². The van der Waals surface area contributed by atoms with Gasteiger partial charge in [-0.2, -0.15) is 0 Å². The second-order valence-electron chi connectivity index (χ2n) is 7.33. The molecule has 2 aromatic rings. The average molecular weight is 446 g/mol. The Morgan fingerprint density at radius 3 is 2.21 bits per heavy atom. The Kier molecular flexibility index (Phi) is 10.5. The number of halogens is 3. The lowest BCUT2D eigenvalue weighted by atomic mass is 10.0. The van der Waals surface area contributed by atoms with Crippen molar-refractivity contribution in [3.8, 4) is 5.75 Å². The molecule has 0 aromatic heterocycles. The van der Waals surface area contributed by atoms with Crippen molar-refractivity contribution < 1.29 is 4.74 Å². The zero-order valence-corrected chi connectivity index (χ0v) is 19.2. The molecule has 1 fully saturated rings. The zero-order valence-electron chi connectivity index (χ0n) is 16.9. The van der Waals surface area contributed by atoms with E-state index in [1.54, 1.807) is 0 Å². The van der Waals surface area contributed by atoms with Crippen molar-refractivity contribution in [2.45, 2.75) is 26.7 Å². The van der Waals surface area contributed by atoms with Gasteiger partial charge in [0, 0.05) is 43.4 Å². The van der Waals surface area contributed by atoms with Crippen molar-refractivity contribution in [3.05, 3.63) is 58.6 Å². The predicted molar refractivity (Wildman–Crippen MR) is 125 cm³/mol. The van der Waals surface area contributed by atoms with Crippen molar-refractivity contribution in [2.24, 2.45) is 0 Å². The fraction of sp³-hybridized carbons (Fsp3) is 0.455. The molecule has 0 N–H and O–H groups in total. The van der Waals surface area contributed by atoms with Crippen LogP contribution in [0.3, 0.4) is 0 Å². The van der Waals surface area contributed by atoms with E-state index in [9.17, 15) is 0 Å². The van der Waals surface area contributed by atoms with E-state index in [0.29, 0.717) is 5.92 Å². The number of rotatable bonds is 6. The van der Waals surface area contributed by atoms with Crippen molar-refractivity contribution in [2.75, 3.05) is 44.2 Å². The van der Waals surface area contributed by atoms with Crippen LogP contribution in [0.2, 0.25) is 5.02 Å². The third-order valence-electron chi connectivity index (χ3n) is 5.11. The van der Waals surface area contributed by atoms with Gasteiger partial charge in [-0.05, 0) is 54.3 Å². The highest BCUT2D eigenvalue weighted by atomic mass is 35.5. The Bertz CT molecular complexity index is 714. The first-order valence-corrected chi connectivity index (χ1v) is 9.87. The molecule has 6 heteroatoms. The smallest absolute Gasteiger partial charge is 0.122 e. The van der Waals surface area contributed by atoms with Crippen LogP contribution < -0.4 is 9.64 Å². The van der Waals surface area contributed by atoms with Crippen LogP contribution in [0, 0.1) is 6.92 Å². The monoisotopic (exact) mass is 444 g/mol. The minimum absolute atomic E-state index is 0. The molecule has 1 aliphatic rings. The van der Waals surface area contributed by atoms with Gasteiger partial charge < -0.3 is 9.64 Å². The SMILES string of the molecule is Cc1ccc(C(C)C)cc1OCCN1CCN(c2ccc(Cl)cc2)CC1.Cl.Cl. The van der Waals surface area contributed by atoms with Gasteiger partial charge in [-0.3, -0.25) is 4.90 Å². The molecule has 3 nitrogen and oxygen atoms in total. The molecule has 156 valence electrons. The quantitative estimate of drug-likeness (QED) is 0.557. The Labute approximate surface area is 186 Å². The van der Waals surface area contributed by atoms with Crippen molar-refractivity contribution in [1.82, 2.24) is 4.90 Å². The van der Waals surface area contributed by atoms with Crippen molar-refractivity contribution in [1.29, 1.82) is 0 Å². The molecule has 1 saturated heterocycles. The normalized spacial score (nSPS) is 14.4. The Balaban J connectivity index is 0.00000196. The van der Waals surface area contributed by atoms with E-state index in [2.05, 4.69) is 60.9 Å². The van der Waals surface area contributed by atoms with Gasteiger partial charge in [-0.25, -0.2) is 0 Å². The second kappa shape index (κ2) is 11.8. The minimum atomic E-state index is 0. The summed E-state index contributed by atoms with van der Waals surface area (Å²) in [7, 11) is 0. The molecule has 1 heterocycles. The molecule has 0 aliphatic carbocycles. The molecule has 28 heavy (non-hydrogen) atoms. The minimum Gasteiger partial charge on any atom is -0.492 e. The lowest BCUT2D eigenvalue weighted by Gasteiger charge is -2.36. The van der Waals surface area contributed by atoms with Crippen LogP contribution in [0.15, 0.2) is 42.5 Å². The van der Waals surface area contributed by atoms with E-state index in [-0.39, 0.29) is 24.8 Å². The Morgan fingerprint density at radius 1 is 0.964 bits per heavy atom. The molecule has 0 spiro atoms. The van der Waals surface area contributed by atoms with E-state index in [4.69, 9.17) is 16.3 Å². The summed E-state index contributed by atoms with van der Waals surface area (Å²) in [5.41, 5.74) is 3.80. The molecule has 0 saturated carbocycles. The molecule has 3 rings (SSSR count). The molecule has 2 aromatic carbocycles. The molecule has 1 aliphatic heterocycles. The number of benzene rings is 2. The summed E-state index contributed by atoms with van der Waals surface area (Å²) in [5, 5.41) is 0.793.